The average Bonchev–Trinajstić information content (AvgIpc) is 2.80. The molecule has 0 aliphatic heterocycles. The lowest BCUT2D eigenvalue weighted by Gasteiger charge is -2.39. The van der Waals surface area contributed by atoms with Crippen LogP contribution in [0.4, 0.5) is 11.4 Å². The van der Waals surface area contributed by atoms with E-state index in [0.717, 1.165) is 11.4 Å². The van der Waals surface area contributed by atoms with Gasteiger partial charge in [0, 0.05) is 22.7 Å². The van der Waals surface area contributed by atoms with Crippen LogP contribution in [0.3, 0.4) is 0 Å². The quantitative estimate of drug-likeness (QED) is 0.626. The van der Waals surface area contributed by atoms with Crippen LogP contribution in [0.25, 0.3) is 0 Å². The zero-order chi connectivity index (χ0) is 18.5. The highest BCUT2D eigenvalue weighted by molar-refractivity contribution is 5.62. The Hall–Kier alpha value is -2.74. The van der Waals surface area contributed by atoms with Gasteiger partial charge in [0.25, 0.3) is 0 Å². The summed E-state index contributed by atoms with van der Waals surface area (Å²) >= 11 is 0. The average molecular weight is 342 g/mol. The molecule has 1 aliphatic carbocycles. The van der Waals surface area contributed by atoms with Crippen molar-refractivity contribution >= 4 is 11.4 Å². The van der Waals surface area contributed by atoms with Gasteiger partial charge in [0.1, 0.15) is 0 Å². The third-order valence-corrected chi connectivity index (χ3v) is 6.24. The minimum atomic E-state index is -0.177. The number of hydrogen-bond acceptors (Lipinski definition) is 2. The van der Waals surface area contributed by atoms with Crippen molar-refractivity contribution in [3.05, 3.63) is 95.1 Å². The van der Waals surface area contributed by atoms with Crippen molar-refractivity contribution in [2.45, 2.75) is 37.5 Å². The molecule has 0 spiro atoms. The minimum absolute atomic E-state index is 0.0134. The number of benzene rings is 3. The smallest absolute Gasteiger partial charge is 0.0317 e. The SMILES string of the molecule is CC1(C)c2ccc(N)cc2C(C)(c2ccc(N)cc2)C1c1ccccc1. The molecule has 0 heterocycles. The van der Waals surface area contributed by atoms with Crippen LogP contribution in [0.15, 0.2) is 72.8 Å². The van der Waals surface area contributed by atoms with E-state index < -0.39 is 0 Å². The predicted molar refractivity (Wildman–Crippen MR) is 110 cm³/mol. The molecule has 1 aliphatic rings. The van der Waals surface area contributed by atoms with Gasteiger partial charge in [0.05, 0.1) is 0 Å². The first kappa shape index (κ1) is 16.7. The van der Waals surface area contributed by atoms with Crippen molar-refractivity contribution in [2.24, 2.45) is 0 Å². The Morgan fingerprint density at radius 3 is 1.96 bits per heavy atom. The van der Waals surface area contributed by atoms with E-state index in [2.05, 4.69) is 75.4 Å². The first-order valence-electron chi connectivity index (χ1n) is 9.16. The molecule has 132 valence electrons. The fourth-order valence-corrected chi connectivity index (χ4v) is 5.13. The molecule has 2 atom stereocenters. The van der Waals surface area contributed by atoms with Crippen molar-refractivity contribution in [2.75, 3.05) is 11.5 Å². The van der Waals surface area contributed by atoms with E-state index in [4.69, 9.17) is 11.5 Å². The van der Waals surface area contributed by atoms with E-state index in [9.17, 15) is 0 Å². The molecular formula is C24H26N2. The lowest BCUT2D eigenvalue weighted by Crippen LogP contribution is -2.34. The summed E-state index contributed by atoms with van der Waals surface area (Å²) in [5.41, 5.74) is 18.9. The Labute approximate surface area is 155 Å². The Bertz CT molecular complexity index is 942. The number of rotatable bonds is 2. The van der Waals surface area contributed by atoms with Crippen molar-refractivity contribution in [1.29, 1.82) is 0 Å². The summed E-state index contributed by atoms with van der Waals surface area (Å²) in [6, 6.07) is 25.6. The van der Waals surface area contributed by atoms with Gasteiger partial charge in [0.2, 0.25) is 0 Å². The molecule has 4 rings (SSSR count). The molecule has 0 fully saturated rings. The predicted octanol–water partition coefficient (Wildman–Crippen LogP) is 5.23. The molecule has 0 bridgehead atoms. The maximum Gasteiger partial charge on any atom is 0.0317 e. The zero-order valence-electron chi connectivity index (χ0n) is 15.7. The summed E-state index contributed by atoms with van der Waals surface area (Å²) in [7, 11) is 0. The molecule has 2 nitrogen and oxygen atoms in total. The fourth-order valence-electron chi connectivity index (χ4n) is 5.13. The highest BCUT2D eigenvalue weighted by atomic mass is 14.6. The van der Waals surface area contributed by atoms with E-state index in [-0.39, 0.29) is 10.8 Å². The molecule has 2 heteroatoms. The van der Waals surface area contributed by atoms with Crippen LogP contribution in [0.5, 0.6) is 0 Å². The molecule has 4 N–H and O–H groups in total. The van der Waals surface area contributed by atoms with Crippen LogP contribution >= 0.6 is 0 Å². The Morgan fingerprint density at radius 1 is 0.692 bits per heavy atom. The van der Waals surface area contributed by atoms with Gasteiger partial charge in [0.15, 0.2) is 0 Å². The topological polar surface area (TPSA) is 52.0 Å². The van der Waals surface area contributed by atoms with Crippen LogP contribution in [-0.2, 0) is 10.8 Å². The van der Waals surface area contributed by atoms with E-state index in [0.29, 0.717) is 5.92 Å². The lowest BCUT2D eigenvalue weighted by molar-refractivity contribution is 0.350. The van der Waals surface area contributed by atoms with Crippen molar-refractivity contribution in [3.8, 4) is 0 Å². The molecule has 0 radical (unpaired) electrons. The molecule has 0 saturated heterocycles. The maximum atomic E-state index is 6.21. The van der Waals surface area contributed by atoms with Crippen molar-refractivity contribution in [3.63, 3.8) is 0 Å². The summed E-state index contributed by atoms with van der Waals surface area (Å²) in [6.07, 6.45) is 0. The first-order valence-corrected chi connectivity index (χ1v) is 9.16. The summed E-state index contributed by atoms with van der Waals surface area (Å²) in [5.74, 6) is 0.302. The molecule has 26 heavy (non-hydrogen) atoms. The summed E-state index contributed by atoms with van der Waals surface area (Å²) < 4.78 is 0. The van der Waals surface area contributed by atoms with Gasteiger partial charge in [-0.3, -0.25) is 0 Å². The number of anilines is 2. The molecule has 2 unspecified atom stereocenters. The van der Waals surface area contributed by atoms with Crippen LogP contribution in [-0.4, -0.2) is 0 Å². The third-order valence-electron chi connectivity index (χ3n) is 6.24. The molecule has 0 saturated carbocycles. The van der Waals surface area contributed by atoms with Gasteiger partial charge in [-0.25, -0.2) is 0 Å². The van der Waals surface area contributed by atoms with E-state index in [1.165, 1.54) is 22.3 Å². The van der Waals surface area contributed by atoms with E-state index in [1.807, 2.05) is 18.2 Å². The lowest BCUT2D eigenvalue weighted by atomic mass is 9.63. The molecule has 3 aromatic rings. The number of nitrogen functional groups attached to an aromatic ring is 2. The van der Waals surface area contributed by atoms with Gasteiger partial charge >= 0.3 is 0 Å². The van der Waals surface area contributed by atoms with E-state index in [1.54, 1.807) is 0 Å². The van der Waals surface area contributed by atoms with E-state index >= 15 is 0 Å². The second-order valence-electron chi connectivity index (χ2n) is 8.19. The van der Waals surface area contributed by atoms with Gasteiger partial charge in [-0.15, -0.1) is 0 Å². The van der Waals surface area contributed by atoms with Crippen LogP contribution in [0.1, 0.15) is 48.9 Å². The molecule has 0 aromatic heterocycles. The monoisotopic (exact) mass is 342 g/mol. The Balaban J connectivity index is 2.04. The second-order valence-corrected chi connectivity index (χ2v) is 8.19. The third kappa shape index (κ3) is 2.25. The fraction of sp³-hybridized carbons (Fsp3) is 0.250. The first-order chi connectivity index (χ1) is 12.3. The highest BCUT2D eigenvalue weighted by Gasteiger charge is 2.54. The summed E-state index contributed by atoms with van der Waals surface area (Å²) in [6.45, 7) is 7.05. The minimum Gasteiger partial charge on any atom is -0.399 e. The van der Waals surface area contributed by atoms with Crippen LogP contribution in [0.2, 0.25) is 0 Å². The summed E-state index contributed by atoms with van der Waals surface area (Å²) in [4.78, 5) is 0. The van der Waals surface area contributed by atoms with Gasteiger partial charge in [-0.1, -0.05) is 69.3 Å². The second kappa shape index (κ2) is 5.63. The zero-order valence-corrected chi connectivity index (χ0v) is 15.7. The number of nitrogens with two attached hydrogens (primary N) is 2. The van der Waals surface area contributed by atoms with Gasteiger partial charge in [-0.05, 0) is 51.9 Å². The van der Waals surface area contributed by atoms with Crippen LogP contribution in [0, 0.1) is 0 Å². The standard InChI is InChI=1S/C24H26N2/c1-23(2)20-14-13-19(26)15-21(20)24(3,17-9-11-18(25)12-10-17)22(23)16-7-5-4-6-8-16/h4-15,22H,25-26H2,1-3H3. The van der Waals surface area contributed by atoms with Crippen molar-refractivity contribution in [1.82, 2.24) is 0 Å². The molecular weight excluding hydrogens is 316 g/mol. The molecule has 0 amide bonds. The van der Waals surface area contributed by atoms with Crippen molar-refractivity contribution < 1.29 is 0 Å². The normalized spacial score (nSPS) is 23.6. The van der Waals surface area contributed by atoms with Gasteiger partial charge < -0.3 is 11.5 Å². The van der Waals surface area contributed by atoms with Gasteiger partial charge in [-0.2, -0.15) is 0 Å². The Morgan fingerprint density at radius 2 is 1.31 bits per heavy atom. The maximum absolute atomic E-state index is 6.21. The number of hydrogen-bond donors (Lipinski definition) is 2. The highest BCUT2D eigenvalue weighted by Crippen LogP contribution is 2.61. The summed E-state index contributed by atoms with van der Waals surface area (Å²) in [5, 5.41) is 0. The van der Waals surface area contributed by atoms with Crippen LogP contribution < -0.4 is 11.5 Å². The number of fused-ring (bicyclic) bond motifs is 1. The Kier molecular flexibility index (Phi) is 3.62. The molecule has 3 aromatic carbocycles. The largest absolute Gasteiger partial charge is 0.399 e.